The van der Waals surface area contributed by atoms with Gasteiger partial charge in [0, 0.05) is 38.2 Å². The number of para-hydroxylation sites is 1. The van der Waals surface area contributed by atoms with E-state index in [2.05, 4.69) is 27.7 Å². The fourth-order valence-corrected chi connectivity index (χ4v) is 4.15. The number of anilines is 1. The first kappa shape index (κ1) is 25.3. The first-order chi connectivity index (χ1) is 17.5. The molecular formula is C28H30N4O3S. The molecule has 1 fully saturated rings. The highest BCUT2D eigenvalue weighted by Gasteiger charge is 2.22. The molecule has 1 aliphatic rings. The summed E-state index contributed by atoms with van der Waals surface area (Å²) < 4.78 is 5.83. The molecule has 1 aliphatic heterocycles. The fourth-order valence-electron chi connectivity index (χ4n) is 3.95. The Hall–Kier alpha value is -3.75. The third-order valence-corrected chi connectivity index (χ3v) is 6.23. The minimum absolute atomic E-state index is 0.0549. The number of nitrogens with one attached hydrogen (secondary N) is 2. The SMILES string of the molecule is CN1CCN(C(=O)c2ccccc2NC(=S)NC(=O)c2cccc(OCCc3ccccc3)c2)CC1. The summed E-state index contributed by atoms with van der Waals surface area (Å²) in [5.41, 5.74) is 2.70. The maximum Gasteiger partial charge on any atom is 0.257 e. The molecule has 8 heteroatoms. The average Bonchev–Trinajstić information content (AvgIpc) is 2.90. The van der Waals surface area contributed by atoms with Crippen molar-refractivity contribution in [2.45, 2.75) is 6.42 Å². The number of carbonyl (C=O) groups excluding carboxylic acids is 2. The number of thiocarbonyl (C=S) groups is 1. The van der Waals surface area contributed by atoms with Crippen molar-refractivity contribution in [2.24, 2.45) is 0 Å². The predicted octanol–water partition coefficient (Wildman–Crippen LogP) is 3.82. The fraction of sp³-hybridized carbons (Fsp3) is 0.250. The van der Waals surface area contributed by atoms with Crippen LogP contribution in [0.25, 0.3) is 0 Å². The summed E-state index contributed by atoms with van der Waals surface area (Å²) in [4.78, 5) is 29.9. The van der Waals surface area contributed by atoms with Crippen molar-refractivity contribution in [3.8, 4) is 5.75 Å². The smallest absolute Gasteiger partial charge is 0.257 e. The van der Waals surface area contributed by atoms with Crippen LogP contribution in [0.15, 0.2) is 78.9 Å². The van der Waals surface area contributed by atoms with Crippen molar-refractivity contribution >= 4 is 34.8 Å². The van der Waals surface area contributed by atoms with E-state index < -0.39 is 0 Å². The monoisotopic (exact) mass is 502 g/mol. The second-order valence-electron chi connectivity index (χ2n) is 8.66. The number of amides is 2. The van der Waals surface area contributed by atoms with Crippen molar-refractivity contribution in [3.05, 3.63) is 95.6 Å². The Kier molecular flexibility index (Phi) is 8.65. The Morgan fingerprint density at radius 2 is 1.64 bits per heavy atom. The first-order valence-corrected chi connectivity index (χ1v) is 12.4. The van der Waals surface area contributed by atoms with Crippen LogP contribution >= 0.6 is 12.2 Å². The van der Waals surface area contributed by atoms with Crippen LogP contribution in [-0.4, -0.2) is 66.6 Å². The normalized spacial score (nSPS) is 13.6. The standard InChI is InChI=1S/C28H30N4O3S/c1-31-15-17-32(18-16-31)27(34)24-12-5-6-13-25(24)29-28(36)30-26(33)22-10-7-11-23(20-22)35-19-14-21-8-3-2-4-9-21/h2-13,20H,14-19H2,1H3,(H2,29,30,33,36). The number of hydrogen-bond acceptors (Lipinski definition) is 5. The van der Waals surface area contributed by atoms with Crippen LogP contribution in [0.4, 0.5) is 5.69 Å². The molecule has 0 saturated carbocycles. The maximum absolute atomic E-state index is 13.1. The van der Waals surface area contributed by atoms with Gasteiger partial charge in [0.1, 0.15) is 5.75 Å². The Labute approximate surface area is 217 Å². The number of carbonyl (C=O) groups is 2. The number of likely N-dealkylation sites (N-methyl/N-ethyl adjacent to an activating group) is 1. The van der Waals surface area contributed by atoms with E-state index in [4.69, 9.17) is 17.0 Å². The lowest BCUT2D eigenvalue weighted by Gasteiger charge is -2.32. The molecule has 0 radical (unpaired) electrons. The van der Waals surface area contributed by atoms with E-state index in [1.54, 1.807) is 30.3 Å². The van der Waals surface area contributed by atoms with Gasteiger partial charge in [0.05, 0.1) is 17.9 Å². The van der Waals surface area contributed by atoms with Gasteiger partial charge in [-0.25, -0.2) is 0 Å². The molecule has 0 aromatic heterocycles. The third kappa shape index (κ3) is 6.90. The van der Waals surface area contributed by atoms with Crippen LogP contribution in [0.2, 0.25) is 0 Å². The highest BCUT2D eigenvalue weighted by Crippen LogP contribution is 2.19. The van der Waals surface area contributed by atoms with Gasteiger partial charge in [-0.3, -0.25) is 14.9 Å². The molecule has 2 N–H and O–H groups in total. The van der Waals surface area contributed by atoms with E-state index in [1.807, 2.05) is 48.3 Å². The number of ether oxygens (including phenoxy) is 1. The summed E-state index contributed by atoms with van der Waals surface area (Å²) >= 11 is 5.38. The van der Waals surface area contributed by atoms with Gasteiger partial charge < -0.3 is 19.9 Å². The molecule has 0 spiro atoms. The van der Waals surface area contributed by atoms with Gasteiger partial charge in [0.25, 0.3) is 11.8 Å². The lowest BCUT2D eigenvalue weighted by Crippen LogP contribution is -2.47. The van der Waals surface area contributed by atoms with E-state index in [1.165, 1.54) is 5.56 Å². The predicted molar refractivity (Wildman–Crippen MR) is 146 cm³/mol. The molecule has 0 atom stereocenters. The van der Waals surface area contributed by atoms with Gasteiger partial charge in [-0.15, -0.1) is 0 Å². The molecule has 4 rings (SSSR count). The zero-order valence-electron chi connectivity index (χ0n) is 20.3. The van der Waals surface area contributed by atoms with E-state index in [-0.39, 0.29) is 16.9 Å². The van der Waals surface area contributed by atoms with E-state index in [9.17, 15) is 9.59 Å². The Bertz CT molecular complexity index is 1210. The van der Waals surface area contributed by atoms with Crippen molar-refractivity contribution < 1.29 is 14.3 Å². The van der Waals surface area contributed by atoms with Gasteiger partial charge in [-0.1, -0.05) is 48.5 Å². The second kappa shape index (κ2) is 12.3. The molecule has 0 aliphatic carbocycles. The molecule has 3 aromatic rings. The molecule has 3 aromatic carbocycles. The summed E-state index contributed by atoms with van der Waals surface area (Å²) in [5, 5.41) is 5.84. The Balaban J connectivity index is 1.33. The lowest BCUT2D eigenvalue weighted by molar-refractivity contribution is 0.0665. The number of benzene rings is 3. The van der Waals surface area contributed by atoms with Crippen LogP contribution in [0, 0.1) is 0 Å². The summed E-state index contributed by atoms with van der Waals surface area (Å²) in [7, 11) is 2.05. The van der Waals surface area contributed by atoms with Crippen LogP contribution in [0.5, 0.6) is 5.75 Å². The number of nitrogens with zero attached hydrogens (tertiary/aromatic N) is 2. The van der Waals surface area contributed by atoms with Crippen molar-refractivity contribution in [1.29, 1.82) is 0 Å². The van der Waals surface area contributed by atoms with Crippen molar-refractivity contribution in [2.75, 3.05) is 45.2 Å². The van der Waals surface area contributed by atoms with Crippen LogP contribution in [0.1, 0.15) is 26.3 Å². The first-order valence-electron chi connectivity index (χ1n) is 12.0. The average molecular weight is 503 g/mol. The van der Waals surface area contributed by atoms with Gasteiger partial charge >= 0.3 is 0 Å². The molecule has 36 heavy (non-hydrogen) atoms. The largest absolute Gasteiger partial charge is 0.493 e. The molecule has 0 unspecified atom stereocenters. The van der Waals surface area contributed by atoms with Gasteiger partial charge in [-0.05, 0) is 55.2 Å². The summed E-state index contributed by atoms with van der Waals surface area (Å²) in [6.07, 6.45) is 0.775. The lowest BCUT2D eigenvalue weighted by atomic mass is 10.1. The molecule has 0 bridgehead atoms. The van der Waals surface area contributed by atoms with Crippen molar-refractivity contribution in [1.82, 2.24) is 15.1 Å². The third-order valence-electron chi connectivity index (χ3n) is 6.02. The van der Waals surface area contributed by atoms with Gasteiger partial charge in [-0.2, -0.15) is 0 Å². The summed E-state index contributed by atoms with van der Waals surface area (Å²) in [6.45, 7) is 3.53. The topological polar surface area (TPSA) is 73.9 Å². The zero-order chi connectivity index (χ0) is 25.3. The molecule has 186 valence electrons. The van der Waals surface area contributed by atoms with Crippen LogP contribution < -0.4 is 15.4 Å². The molecular weight excluding hydrogens is 472 g/mol. The zero-order valence-corrected chi connectivity index (χ0v) is 21.1. The molecule has 1 saturated heterocycles. The molecule has 1 heterocycles. The number of piperazine rings is 1. The van der Waals surface area contributed by atoms with Gasteiger partial charge in [0.15, 0.2) is 5.11 Å². The Morgan fingerprint density at radius 1 is 0.917 bits per heavy atom. The number of rotatable bonds is 7. The molecule has 2 amide bonds. The quantitative estimate of drug-likeness (QED) is 0.479. The summed E-state index contributed by atoms with van der Waals surface area (Å²) in [5.74, 6) is 0.199. The van der Waals surface area contributed by atoms with Crippen LogP contribution in [0.3, 0.4) is 0 Å². The second-order valence-corrected chi connectivity index (χ2v) is 9.07. The Morgan fingerprint density at radius 3 is 2.42 bits per heavy atom. The molecule has 7 nitrogen and oxygen atoms in total. The summed E-state index contributed by atoms with van der Waals surface area (Å²) in [6, 6.07) is 24.3. The highest BCUT2D eigenvalue weighted by atomic mass is 32.1. The van der Waals surface area contributed by atoms with E-state index >= 15 is 0 Å². The minimum atomic E-state index is -0.358. The van der Waals surface area contributed by atoms with E-state index in [0.717, 1.165) is 19.5 Å². The van der Waals surface area contributed by atoms with E-state index in [0.29, 0.717) is 42.3 Å². The van der Waals surface area contributed by atoms with Crippen LogP contribution in [-0.2, 0) is 6.42 Å². The van der Waals surface area contributed by atoms with Crippen molar-refractivity contribution in [3.63, 3.8) is 0 Å². The maximum atomic E-state index is 13.1. The highest BCUT2D eigenvalue weighted by molar-refractivity contribution is 7.80. The minimum Gasteiger partial charge on any atom is -0.493 e. The van der Waals surface area contributed by atoms with Gasteiger partial charge in [0.2, 0.25) is 0 Å². The number of hydrogen-bond donors (Lipinski definition) is 2.